The number of aliphatic hydroxyl groups is 1. The van der Waals surface area contributed by atoms with E-state index >= 15 is 0 Å². The largest absolute Gasteiger partial charge is 0.389 e. The van der Waals surface area contributed by atoms with E-state index in [1.165, 1.54) is 24.3 Å². The topological polar surface area (TPSA) is 23.5 Å². The number of aliphatic hydroxyl groups excluding tert-OH is 1. The quantitative estimate of drug-likeness (QED) is 0.922. The summed E-state index contributed by atoms with van der Waals surface area (Å²) in [6, 6.07) is 10.6. The van der Waals surface area contributed by atoms with Gasteiger partial charge in [-0.25, -0.2) is 8.78 Å². The predicted molar refractivity (Wildman–Crippen MR) is 75.5 cm³/mol. The second kappa shape index (κ2) is 6.01. The third kappa shape index (κ3) is 3.33. The van der Waals surface area contributed by atoms with Crippen molar-refractivity contribution >= 4 is 5.69 Å². The van der Waals surface area contributed by atoms with E-state index in [4.69, 9.17) is 0 Å². The molecule has 0 unspecified atom stereocenters. The number of halogens is 2. The van der Waals surface area contributed by atoms with Crippen LogP contribution in [0.3, 0.4) is 0 Å². The lowest BCUT2D eigenvalue weighted by atomic mass is 10.1. The van der Waals surface area contributed by atoms with Crippen molar-refractivity contribution in [3.63, 3.8) is 0 Å². The Labute approximate surface area is 117 Å². The highest BCUT2D eigenvalue weighted by molar-refractivity contribution is 5.54. The van der Waals surface area contributed by atoms with Crippen molar-refractivity contribution in [3.8, 4) is 0 Å². The van der Waals surface area contributed by atoms with Crippen LogP contribution in [-0.4, -0.2) is 12.2 Å². The Morgan fingerprint density at radius 1 is 1.10 bits per heavy atom. The van der Waals surface area contributed by atoms with Crippen LogP contribution in [0.1, 0.15) is 24.2 Å². The van der Waals surface area contributed by atoms with E-state index in [0.29, 0.717) is 12.1 Å². The Bertz CT molecular complexity index is 599. The maximum Gasteiger partial charge on any atom is 0.123 e. The smallest absolute Gasteiger partial charge is 0.123 e. The van der Waals surface area contributed by atoms with E-state index in [1.54, 1.807) is 19.1 Å². The molecule has 1 atom stereocenters. The van der Waals surface area contributed by atoms with Gasteiger partial charge in [-0.05, 0) is 42.8 Å². The highest BCUT2D eigenvalue weighted by Crippen LogP contribution is 2.27. The van der Waals surface area contributed by atoms with Crippen LogP contribution < -0.4 is 4.90 Å². The van der Waals surface area contributed by atoms with Gasteiger partial charge in [0.15, 0.2) is 0 Å². The Morgan fingerprint density at radius 2 is 1.80 bits per heavy atom. The fourth-order valence-electron chi connectivity index (χ4n) is 2.20. The first-order chi connectivity index (χ1) is 9.47. The van der Waals surface area contributed by atoms with Crippen LogP contribution in [0.4, 0.5) is 14.5 Å². The molecule has 0 spiro atoms. The van der Waals surface area contributed by atoms with Gasteiger partial charge in [-0.1, -0.05) is 12.1 Å². The summed E-state index contributed by atoms with van der Waals surface area (Å²) < 4.78 is 26.4. The van der Waals surface area contributed by atoms with E-state index in [1.807, 2.05) is 18.0 Å². The van der Waals surface area contributed by atoms with Gasteiger partial charge >= 0.3 is 0 Å². The van der Waals surface area contributed by atoms with E-state index < -0.39 is 6.10 Å². The maximum absolute atomic E-state index is 13.3. The highest BCUT2D eigenvalue weighted by Gasteiger charge is 2.13. The zero-order valence-electron chi connectivity index (χ0n) is 11.5. The minimum absolute atomic E-state index is 0.286. The number of hydrogen-bond acceptors (Lipinski definition) is 2. The van der Waals surface area contributed by atoms with Crippen LogP contribution in [0.5, 0.6) is 0 Å². The first-order valence-corrected chi connectivity index (χ1v) is 6.40. The van der Waals surface area contributed by atoms with Crippen molar-refractivity contribution in [3.05, 3.63) is 65.2 Å². The molecular weight excluding hydrogens is 260 g/mol. The molecule has 1 N–H and O–H groups in total. The summed E-state index contributed by atoms with van der Waals surface area (Å²) in [6.07, 6.45) is -0.768. The first kappa shape index (κ1) is 14.5. The fraction of sp³-hybridized carbons (Fsp3) is 0.250. The molecule has 0 aliphatic carbocycles. The van der Waals surface area contributed by atoms with Crippen LogP contribution in [0.15, 0.2) is 42.5 Å². The predicted octanol–water partition coefficient (Wildman–Crippen LogP) is 3.65. The molecule has 0 saturated heterocycles. The molecule has 2 nitrogen and oxygen atoms in total. The average molecular weight is 277 g/mol. The standard InChI is InChI=1S/C16H17F2NO/c1-11(20)15-9-14(18)6-7-16(15)19(2)10-12-4-3-5-13(17)8-12/h3-9,11,20H,10H2,1-2H3/t11-/m0/s1. The summed E-state index contributed by atoms with van der Waals surface area (Å²) in [7, 11) is 1.82. The minimum Gasteiger partial charge on any atom is -0.389 e. The van der Waals surface area contributed by atoms with Gasteiger partial charge in [0.25, 0.3) is 0 Å². The van der Waals surface area contributed by atoms with Crippen molar-refractivity contribution < 1.29 is 13.9 Å². The molecular formula is C16H17F2NO. The Morgan fingerprint density at radius 3 is 2.45 bits per heavy atom. The van der Waals surface area contributed by atoms with E-state index in [2.05, 4.69) is 0 Å². The van der Waals surface area contributed by atoms with Gasteiger partial charge in [0.1, 0.15) is 11.6 Å². The SMILES string of the molecule is C[C@H](O)c1cc(F)ccc1N(C)Cc1cccc(F)c1. The van der Waals surface area contributed by atoms with Gasteiger partial charge in [-0.15, -0.1) is 0 Å². The molecule has 20 heavy (non-hydrogen) atoms. The zero-order valence-corrected chi connectivity index (χ0v) is 11.5. The molecule has 0 aromatic heterocycles. The number of anilines is 1. The molecule has 2 aromatic rings. The summed E-state index contributed by atoms with van der Waals surface area (Å²) in [5, 5.41) is 9.73. The summed E-state index contributed by atoms with van der Waals surface area (Å²) in [5.74, 6) is -0.672. The Hall–Kier alpha value is -1.94. The maximum atomic E-state index is 13.3. The van der Waals surface area contributed by atoms with Crippen molar-refractivity contribution in [1.82, 2.24) is 0 Å². The number of benzene rings is 2. The number of hydrogen-bond donors (Lipinski definition) is 1. The summed E-state index contributed by atoms with van der Waals surface area (Å²) in [5.41, 5.74) is 2.06. The van der Waals surface area contributed by atoms with Crippen LogP contribution in [0.25, 0.3) is 0 Å². The van der Waals surface area contributed by atoms with Crippen LogP contribution in [0.2, 0.25) is 0 Å². The van der Waals surface area contributed by atoms with Crippen molar-refractivity contribution in [2.24, 2.45) is 0 Å². The number of nitrogens with zero attached hydrogens (tertiary/aromatic N) is 1. The second-order valence-electron chi connectivity index (χ2n) is 4.87. The molecule has 0 bridgehead atoms. The molecule has 2 aromatic carbocycles. The first-order valence-electron chi connectivity index (χ1n) is 6.40. The van der Waals surface area contributed by atoms with E-state index in [-0.39, 0.29) is 11.6 Å². The summed E-state index contributed by atoms with van der Waals surface area (Å²) in [4.78, 5) is 1.86. The van der Waals surface area contributed by atoms with Gasteiger partial charge < -0.3 is 10.0 Å². The fourth-order valence-corrected chi connectivity index (χ4v) is 2.20. The third-order valence-corrected chi connectivity index (χ3v) is 3.16. The highest BCUT2D eigenvalue weighted by atomic mass is 19.1. The van der Waals surface area contributed by atoms with E-state index in [9.17, 15) is 13.9 Å². The lowest BCUT2D eigenvalue weighted by molar-refractivity contribution is 0.199. The molecule has 0 saturated carbocycles. The molecule has 2 rings (SSSR count). The van der Waals surface area contributed by atoms with Crippen LogP contribution in [0, 0.1) is 11.6 Å². The third-order valence-electron chi connectivity index (χ3n) is 3.16. The lowest BCUT2D eigenvalue weighted by Crippen LogP contribution is -2.18. The van der Waals surface area contributed by atoms with Crippen molar-refractivity contribution in [1.29, 1.82) is 0 Å². The molecule has 0 aliphatic rings. The summed E-state index contributed by atoms with van der Waals surface area (Å²) >= 11 is 0. The Kier molecular flexibility index (Phi) is 4.35. The van der Waals surface area contributed by atoms with Gasteiger partial charge in [-0.2, -0.15) is 0 Å². The van der Waals surface area contributed by atoms with Crippen LogP contribution >= 0.6 is 0 Å². The van der Waals surface area contributed by atoms with Gasteiger partial charge in [-0.3, -0.25) is 0 Å². The van der Waals surface area contributed by atoms with Crippen molar-refractivity contribution in [2.45, 2.75) is 19.6 Å². The van der Waals surface area contributed by atoms with Gasteiger partial charge in [0, 0.05) is 24.8 Å². The average Bonchev–Trinajstić information content (AvgIpc) is 2.38. The monoisotopic (exact) mass is 277 g/mol. The van der Waals surface area contributed by atoms with E-state index in [0.717, 1.165) is 11.3 Å². The normalized spacial score (nSPS) is 12.2. The zero-order chi connectivity index (χ0) is 14.7. The molecule has 0 amide bonds. The molecule has 106 valence electrons. The van der Waals surface area contributed by atoms with Gasteiger partial charge in [0.2, 0.25) is 0 Å². The molecule has 0 aliphatic heterocycles. The summed E-state index contributed by atoms with van der Waals surface area (Å²) in [6.45, 7) is 2.07. The molecule has 0 heterocycles. The lowest BCUT2D eigenvalue weighted by Gasteiger charge is -2.24. The molecule has 0 radical (unpaired) electrons. The molecule has 0 fully saturated rings. The molecule has 4 heteroatoms. The minimum atomic E-state index is -0.768. The van der Waals surface area contributed by atoms with Gasteiger partial charge in [0.05, 0.1) is 6.10 Å². The second-order valence-corrected chi connectivity index (χ2v) is 4.87. The van der Waals surface area contributed by atoms with Crippen LogP contribution in [-0.2, 0) is 6.54 Å². The van der Waals surface area contributed by atoms with Crippen molar-refractivity contribution in [2.75, 3.05) is 11.9 Å². The number of rotatable bonds is 4. The Balaban J connectivity index is 2.27.